The average Bonchev–Trinajstić information content (AvgIpc) is 2.63. The van der Waals surface area contributed by atoms with E-state index < -0.39 is 0 Å². The lowest BCUT2D eigenvalue weighted by molar-refractivity contribution is 0.893. The van der Waals surface area contributed by atoms with E-state index in [0.717, 1.165) is 15.2 Å². The third-order valence-electron chi connectivity index (χ3n) is 1.53. The lowest BCUT2D eigenvalue weighted by Gasteiger charge is -2.00. The van der Waals surface area contributed by atoms with Gasteiger partial charge < -0.3 is 0 Å². The van der Waals surface area contributed by atoms with Crippen LogP contribution >= 0.6 is 46.7 Å². The molecule has 0 radical (unpaired) electrons. The Morgan fingerprint density at radius 3 is 2.75 bits per heavy atom. The van der Waals surface area contributed by atoms with Crippen molar-refractivity contribution in [3.05, 3.63) is 17.0 Å². The number of aromatic nitrogens is 4. The Bertz CT molecular complexity index is 502. The van der Waals surface area contributed by atoms with E-state index in [1.165, 1.54) is 35.1 Å². The number of aryl methyl sites for hydroxylation is 1. The van der Waals surface area contributed by atoms with Gasteiger partial charge in [0.25, 0.3) is 0 Å². The van der Waals surface area contributed by atoms with Crippen LogP contribution in [-0.2, 0) is 0 Å². The summed E-state index contributed by atoms with van der Waals surface area (Å²) in [7, 11) is 0. The minimum Gasteiger partial charge on any atom is -0.216 e. The van der Waals surface area contributed by atoms with Gasteiger partial charge in [0.2, 0.25) is 0 Å². The number of rotatable bonds is 3. The lowest BCUT2D eigenvalue weighted by Crippen LogP contribution is -1.88. The summed E-state index contributed by atoms with van der Waals surface area (Å²) in [6, 6.07) is 1.72. The van der Waals surface area contributed by atoms with Crippen LogP contribution in [0.2, 0.25) is 5.15 Å². The molecule has 2 rings (SSSR count). The Morgan fingerprint density at radius 2 is 2.12 bits per heavy atom. The largest absolute Gasteiger partial charge is 0.216 e. The lowest BCUT2D eigenvalue weighted by atomic mass is 10.7. The van der Waals surface area contributed by atoms with Gasteiger partial charge in [-0.15, -0.1) is 0 Å². The maximum atomic E-state index is 5.89. The van der Waals surface area contributed by atoms with Gasteiger partial charge >= 0.3 is 0 Å². The summed E-state index contributed by atoms with van der Waals surface area (Å²) < 4.78 is 4.97. The second kappa shape index (κ2) is 5.31. The molecule has 0 aliphatic rings. The number of thioether (sulfide) groups is 1. The molecule has 4 nitrogen and oxygen atoms in total. The normalized spacial score (nSPS) is 10.7. The number of hydrogen-bond acceptors (Lipinski definition) is 7. The predicted molar refractivity (Wildman–Crippen MR) is 67.6 cm³/mol. The van der Waals surface area contributed by atoms with Crippen molar-refractivity contribution in [2.45, 2.75) is 21.4 Å². The second-order valence-electron chi connectivity index (χ2n) is 2.73. The van der Waals surface area contributed by atoms with E-state index in [9.17, 15) is 0 Å². The monoisotopic (exact) mass is 290 g/mol. The molecule has 2 aromatic heterocycles. The predicted octanol–water partition coefficient (Wildman–Crippen LogP) is 3.16. The molecule has 0 unspecified atom stereocenters. The fraction of sp³-hybridized carbons (Fsp3) is 0.250. The zero-order valence-corrected chi connectivity index (χ0v) is 11.7. The molecular formula is C8H7ClN4S3. The molecule has 2 aromatic rings. The molecule has 16 heavy (non-hydrogen) atoms. The number of nitrogens with zero attached hydrogens (tertiary/aromatic N) is 4. The summed E-state index contributed by atoms with van der Waals surface area (Å²) >= 11 is 10.2. The first-order valence-corrected chi connectivity index (χ1v) is 7.43. The fourth-order valence-electron chi connectivity index (χ4n) is 0.930. The van der Waals surface area contributed by atoms with E-state index in [0.29, 0.717) is 10.3 Å². The van der Waals surface area contributed by atoms with Gasteiger partial charge in [-0.3, -0.25) is 0 Å². The molecule has 0 amide bonds. The van der Waals surface area contributed by atoms with Crippen LogP contribution < -0.4 is 0 Å². The van der Waals surface area contributed by atoms with Crippen molar-refractivity contribution in [2.24, 2.45) is 0 Å². The highest BCUT2D eigenvalue weighted by atomic mass is 35.5. The fourth-order valence-corrected chi connectivity index (χ4v) is 3.27. The van der Waals surface area contributed by atoms with Gasteiger partial charge in [0, 0.05) is 6.07 Å². The minimum absolute atomic E-state index is 0.447. The molecule has 0 bridgehead atoms. The zero-order valence-electron chi connectivity index (χ0n) is 8.47. The molecule has 0 aromatic carbocycles. The number of halogens is 1. The maximum absolute atomic E-state index is 5.89. The van der Waals surface area contributed by atoms with Gasteiger partial charge in [0.15, 0.2) is 9.50 Å². The highest BCUT2D eigenvalue weighted by Gasteiger charge is 2.07. The highest BCUT2D eigenvalue weighted by molar-refractivity contribution is 8.01. The van der Waals surface area contributed by atoms with E-state index in [4.69, 9.17) is 11.6 Å². The van der Waals surface area contributed by atoms with Gasteiger partial charge in [0.1, 0.15) is 16.0 Å². The summed E-state index contributed by atoms with van der Waals surface area (Å²) in [5.74, 6) is 0.776. The molecule has 0 aliphatic carbocycles. The molecule has 0 atom stereocenters. The Kier molecular flexibility index (Phi) is 4.01. The highest BCUT2D eigenvalue weighted by Crippen LogP contribution is 2.29. The van der Waals surface area contributed by atoms with Crippen molar-refractivity contribution < 1.29 is 0 Å². The van der Waals surface area contributed by atoms with Crippen LogP contribution in [0.4, 0.5) is 0 Å². The van der Waals surface area contributed by atoms with Crippen molar-refractivity contribution in [3.8, 4) is 0 Å². The summed E-state index contributed by atoms with van der Waals surface area (Å²) in [6.07, 6.45) is 1.91. The van der Waals surface area contributed by atoms with Gasteiger partial charge in [-0.2, -0.15) is 4.37 Å². The third kappa shape index (κ3) is 3.07. The SMILES string of the molecule is CSc1nc(Cl)cc(Sc2nc(C)ns2)n1. The molecule has 0 saturated carbocycles. The second-order valence-corrected chi connectivity index (χ2v) is 5.91. The minimum atomic E-state index is 0.447. The van der Waals surface area contributed by atoms with Crippen LogP contribution in [0.5, 0.6) is 0 Å². The van der Waals surface area contributed by atoms with Crippen LogP contribution in [0.1, 0.15) is 5.82 Å². The Labute approximate surface area is 110 Å². The van der Waals surface area contributed by atoms with Gasteiger partial charge in [-0.25, -0.2) is 15.0 Å². The van der Waals surface area contributed by atoms with Crippen molar-refractivity contribution in [2.75, 3.05) is 6.26 Å². The van der Waals surface area contributed by atoms with E-state index in [1.807, 2.05) is 13.2 Å². The van der Waals surface area contributed by atoms with Crippen molar-refractivity contribution in [3.63, 3.8) is 0 Å². The topological polar surface area (TPSA) is 51.6 Å². The van der Waals surface area contributed by atoms with E-state index >= 15 is 0 Å². The third-order valence-corrected chi connectivity index (χ3v) is 4.04. The molecule has 8 heteroatoms. The van der Waals surface area contributed by atoms with Gasteiger partial charge in [-0.1, -0.05) is 23.4 Å². The summed E-state index contributed by atoms with van der Waals surface area (Å²) in [5.41, 5.74) is 0. The number of hydrogen-bond donors (Lipinski definition) is 0. The molecule has 84 valence electrons. The molecular weight excluding hydrogens is 284 g/mol. The van der Waals surface area contributed by atoms with Crippen LogP contribution in [0.15, 0.2) is 20.6 Å². The summed E-state index contributed by atoms with van der Waals surface area (Å²) in [6.45, 7) is 1.86. The first-order chi connectivity index (χ1) is 7.67. The summed E-state index contributed by atoms with van der Waals surface area (Å²) in [5, 5.41) is 1.90. The van der Waals surface area contributed by atoms with Crippen LogP contribution in [0.25, 0.3) is 0 Å². The molecule has 0 aliphatic heterocycles. The smallest absolute Gasteiger partial charge is 0.189 e. The summed E-state index contributed by atoms with van der Waals surface area (Å²) in [4.78, 5) is 12.6. The Morgan fingerprint density at radius 1 is 1.31 bits per heavy atom. The van der Waals surface area contributed by atoms with E-state index in [2.05, 4.69) is 19.3 Å². The van der Waals surface area contributed by atoms with Gasteiger partial charge in [-0.05, 0) is 36.5 Å². The van der Waals surface area contributed by atoms with Crippen molar-refractivity contribution in [1.29, 1.82) is 0 Å². The van der Waals surface area contributed by atoms with Gasteiger partial charge in [0.05, 0.1) is 0 Å². The zero-order chi connectivity index (χ0) is 11.5. The first kappa shape index (κ1) is 12.1. The van der Waals surface area contributed by atoms with Crippen LogP contribution in [0.3, 0.4) is 0 Å². The Balaban J connectivity index is 2.24. The molecule has 0 N–H and O–H groups in total. The standard InChI is InChI=1S/C8H7ClN4S3/c1-4-10-8(16-13-4)15-6-3-5(9)11-7(12-6)14-2/h3H,1-2H3. The average molecular weight is 291 g/mol. The van der Waals surface area contributed by atoms with Crippen LogP contribution in [0, 0.1) is 6.92 Å². The first-order valence-electron chi connectivity index (χ1n) is 4.24. The Hall–Kier alpha value is -0.370. The maximum Gasteiger partial charge on any atom is 0.189 e. The molecule has 0 fully saturated rings. The van der Waals surface area contributed by atoms with E-state index in [-0.39, 0.29) is 0 Å². The molecule has 2 heterocycles. The van der Waals surface area contributed by atoms with Crippen molar-refractivity contribution in [1.82, 2.24) is 19.3 Å². The molecule has 0 saturated heterocycles. The molecule has 0 spiro atoms. The van der Waals surface area contributed by atoms with E-state index in [1.54, 1.807) is 6.07 Å². The van der Waals surface area contributed by atoms with Crippen LogP contribution in [-0.4, -0.2) is 25.6 Å². The van der Waals surface area contributed by atoms with Crippen molar-refractivity contribution >= 4 is 46.7 Å². The quantitative estimate of drug-likeness (QED) is 0.492.